The number of nitrogens with one attached hydrogen (secondary N) is 1. The molecule has 0 aromatic rings. The van der Waals surface area contributed by atoms with Crippen molar-refractivity contribution < 1.29 is 19.4 Å². The molecule has 2 unspecified atom stereocenters. The summed E-state index contributed by atoms with van der Waals surface area (Å²) in [5.74, 6) is -0.663. The number of nitrogens with zero attached hydrogens (tertiary/aromatic N) is 1. The van der Waals surface area contributed by atoms with Crippen molar-refractivity contribution in [2.75, 3.05) is 26.8 Å². The van der Waals surface area contributed by atoms with Gasteiger partial charge in [-0.2, -0.15) is 0 Å². The molecule has 0 spiro atoms. The van der Waals surface area contributed by atoms with Gasteiger partial charge in [-0.25, -0.2) is 9.59 Å². The van der Waals surface area contributed by atoms with Crippen LogP contribution in [0.2, 0.25) is 0 Å². The fourth-order valence-electron chi connectivity index (χ4n) is 2.48. The van der Waals surface area contributed by atoms with Gasteiger partial charge >= 0.3 is 12.0 Å². The van der Waals surface area contributed by atoms with Gasteiger partial charge in [0.15, 0.2) is 0 Å². The maximum absolute atomic E-state index is 12.1. The van der Waals surface area contributed by atoms with E-state index >= 15 is 0 Å². The number of carboxylic acid groups (broad SMARTS) is 1. The Hall–Kier alpha value is -1.30. The zero-order valence-electron chi connectivity index (χ0n) is 12.6. The molecule has 0 radical (unpaired) electrons. The second-order valence-corrected chi connectivity index (χ2v) is 5.78. The Morgan fingerprint density at radius 1 is 1.50 bits per heavy atom. The molecule has 1 fully saturated rings. The van der Waals surface area contributed by atoms with Gasteiger partial charge in [0.1, 0.15) is 5.54 Å². The first-order chi connectivity index (χ1) is 9.39. The monoisotopic (exact) mass is 286 g/mol. The summed E-state index contributed by atoms with van der Waals surface area (Å²) in [7, 11) is 1.69. The highest BCUT2D eigenvalue weighted by molar-refractivity contribution is 5.85. The van der Waals surface area contributed by atoms with E-state index in [0.29, 0.717) is 31.9 Å². The third-order valence-electron chi connectivity index (χ3n) is 3.74. The molecular weight excluding hydrogens is 260 g/mol. The number of aliphatic carboxylic acids is 1. The Bertz CT molecular complexity index is 342. The van der Waals surface area contributed by atoms with Crippen LogP contribution in [0.1, 0.15) is 39.5 Å². The van der Waals surface area contributed by atoms with E-state index < -0.39 is 11.5 Å². The van der Waals surface area contributed by atoms with Crippen molar-refractivity contribution in [3.05, 3.63) is 0 Å². The van der Waals surface area contributed by atoms with Crippen LogP contribution in [0.25, 0.3) is 0 Å². The van der Waals surface area contributed by atoms with Crippen molar-refractivity contribution in [1.82, 2.24) is 10.2 Å². The van der Waals surface area contributed by atoms with E-state index in [0.717, 1.165) is 19.4 Å². The zero-order valence-corrected chi connectivity index (χ0v) is 12.6. The van der Waals surface area contributed by atoms with Gasteiger partial charge in [0.25, 0.3) is 0 Å². The topological polar surface area (TPSA) is 78.9 Å². The third-order valence-corrected chi connectivity index (χ3v) is 3.74. The highest BCUT2D eigenvalue weighted by Gasteiger charge is 2.35. The molecule has 6 heteroatoms. The highest BCUT2D eigenvalue weighted by Crippen LogP contribution is 2.16. The van der Waals surface area contributed by atoms with Gasteiger partial charge in [-0.1, -0.05) is 13.3 Å². The van der Waals surface area contributed by atoms with Crippen molar-refractivity contribution in [1.29, 1.82) is 0 Å². The summed E-state index contributed by atoms with van der Waals surface area (Å²) in [6, 6.07) is -0.339. The van der Waals surface area contributed by atoms with Gasteiger partial charge in [0.05, 0.1) is 6.61 Å². The molecule has 6 nitrogen and oxygen atoms in total. The fourth-order valence-corrected chi connectivity index (χ4v) is 2.48. The summed E-state index contributed by atoms with van der Waals surface area (Å²) in [5.41, 5.74) is -1.21. The highest BCUT2D eigenvalue weighted by atomic mass is 16.5. The molecule has 1 rings (SSSR count). The summed E-state index contributed by atoms with van der Waals surface area (Å²) >= 11 is 0. The van der Waals surface area contributed by atoms with Crippen LogP contribution in [0.5, 0.6) is 0 Å². The summed E-state index contributed by atoms with van der Waals surface area (Å²) in [5, 5.41) is 11.9. The average Bonchev–Trinajstić information content (AvgIpc) is 2.39. The van der Waals surface area contributed by atoms with Gasteiger partial charge in [-0.3, -0.25) is 0 Å². The quantitative estimate of drug-likeness (QED) is 0.779. The van der Waals surface area contributed by atoms with E-state index in [1.807, 2.05) is 6.92 Å². The molecule has 1 heterocycles. The van der Waals surface area contributed by atoms with Crippen molar-refractivity contribution >= 4 is 12.0 Å². The van der Waals surface area contributed by atoms with Crippen LogP contribution in [-0.2, 0) is 9.53 Å². The number of carboxylic acids is 1. The Kier molecular flexibility index (Phi) is 6.26. The van der Waals surface area contributed by atoms with Gasteiger partial charge in [-0.05, 0) is 26.2 Å². The van der Waals surface area contributed by atoms with E-state index in [1.54, 1.807) is 18.9 Å². The summed E-state index contributed by atoms with van der Waals surface area (Å²) in [6.07, 6.45) is 3.17. The van der Waals surface area contributed by atoms with Crippen LogP contribution >= 0.6 is 0 Å². The number of hydrogen-bond acceptors (Lipinski definition) is 3. The first-order valence-corrected chi connectivity index (χ1v) is 7.23. The molecule has 20 heavy (non-hydrogen) atoms. The molecule has 0 bridgehead atoms. The normalized spacial score (nSPS) is 21.9. The van der Waals surface area contributed by atoms with Gasteiger partial charge in [-0.15, -0.1) is 0 Å². The van der Waals surface area contributed by atoms with E-state index in [9.17, 15) is 14.7 Å². The number of urea groups is 1. The lowest BCUT2D eigenvalue weighted by Gasteiger charge is -2.31. The second-order valence-electron chi connectivity index (χ2n) is 5.78. The fraction of sp³-hybridized carbons (Fsp3) is 0.857. The van der Waals surface area contributed by atoms with E-state index in [4.69, 9.17) is 4.74 Å². The maximum atomic E-state index is 12.1. The van der Waals surface area contributed by atoms with Crippen molar-refractivity contribution in [3.8, 4) is 0 Å². The lowest BCUT2D eigenvalue weighted by atomic mass is 9.96. The Labute approximate surface area is 120 Å². The van der Waals surface area contributed by atoms with Crippen LogP contribution in [0.3, 0.4) is 0 Å². The van der Waals surface area contributed by atoms with Crippen molar-refractivity contribution in [3.63, 3.8) is 0 Å². The number of hydrogen-bond donors (Lipinski definition) is 2. The minimum Gasteiger partial charge on any atom is -0.480 e. The molecule has 1 saturated heterocycles. The molecule has 2 atom stereocenters. The van der Waals surface area contributed by atoms with Crippen LogP contribution in [0.15, 0.2) is 0 Å². The predicted molar refractivity (Wildman–Crippen MR) is 75.7 cm³/mol. The predicted octanol–water partition coefficient (Wildman–Crippen LogP) is 1.70. The van der Waals surface area contributed by atoms with Gasteiger partial charge in [0, 0.05) is 26.1 Å². The second kappa shape index (κ2) is 7.47. The number of carbonyl (C=O) groups excluding carboxylic acids is 1. The third kappa shape index (κ3) is 4.67. The molecule has 0 aromatic carbocycles. The van der Waals surface area contributed by atoms with Gasteiger partial charge < -0.3 is 20.1 Å². The molecule has 2 N–H and O–H groups in total. The number of ether oxygens (including phenoxy) is 1. The minimum atomic E-state index is -1.21. The van der Waals surface area contributed by atoms with Crippen LogP contribution in [0, 0.1) is 5.92 Å². The number of rotatable bonds is 6. The van der Waals surface area contributed by atoms with Crippen LogP contribution in [-0.4, -0.2) is 54.4 Å². The molecule has 0 aromatic heterocycles. The average molecular weight is 286 g/mol. The minimum absolute atomic E-state index is 0.335. The van der Waals surface area contributed by atoms with E-state index in [2.05, 4.69) is 5.32 Å². The summed E-state index contributed by atoms with van der Waals surface area (Å²) < 4.78 is 5.39. The van der Waals surface area contributed by atoms with E-state index in [-0.39, 0.29) is 6.03 Å². The molecule has 116 valence electrons. The zero-order chi connectivity index (χ0) is 15.2. The number of carbonyl (C=O) groups is 2. The van der Waals surface area contributed by atoms with Crippen LogP contribution in [0.4, 0.5) is 4.79 Å². The largest absolute Gasteiger partial charge is 0.480 e. The Morgan fingerprint density at radius 3 is 2.70 bits per heavy atom. The SMILES string of the molecule is CCCC(C)(NC(=O)N(C)CC1CCCOC1)C(=O)O. The lowest BCUT2D eigenvalue weighted by Crippen LogP contribution is -2.56. The lowest BCUT2D eigenvalue weighted by molar-refractivity contribution is -0.144. The van der Waals surface area contributed by atoms with Crippen molar-refractivity contribution in [2.45, 2.75) is 45.1 Å². The Morgan fingerprint density at radius 2 is 2.20 bits per heavy atom. The first-order valence-electron chi connectivity index (χ1n) is 7.23. The standard InChI is InChI=1S/C14H26N2O4/c1-4-7-14(2,12(17)18)15-13(19)16(3)9-11-6-5-8-20-10-11/h11H,4-10H2,1-3H3,(H,15,19)(H,17,18). The molecule has 1 aliphatic rings. The molecular formula is C14H26N2O4. The maximum Gasteiger partial charge on any atom is 0.329 e. The first kappa shape index (κ1) is 16.8. The van der Waals surface area contributed by atoms with Crippen LogP contribution < -0.4 is 5.32 Å². The molecule has 1 aliphatic heterocycles. The molecule has 0 aliphatic carbocycles. The molecule has 0 saturated carbocycles. The summed E-state index contributed by atoms with van der Waals surface area (Å²) in [6.45, 7) is 5.50. The smallest absolute Gasteiger partial charge is 0.329 e. The Balaban J connectivity index is 2.52. The molecule has 2 amide bonds. The van der Waals surface area contributed by atoms with Gasteiger partial charge in [0.2, 0.25) is 0 Å². The summed E-state index contributed by atoms with van der Waals surface area (Å²) in [4.78, 5) is 25.0. The number of amides is 2. The van der Waals surface area contributed by atoms with E-state index in [1.165, 1.54) is 0 Å². The van der Waals surface area contributed by atoms with Crippen molar-refractivity contribution in [2.24, 2.45) is 5.92 Å².